The first-order valence-electron chi connectivity index (χ1n) is 7.33. The third-order valence-corrected chi connectivity index (χ3v) is 4.40. The predicted octanol–water partition coefficient (Wildman–Crippen LogP) is 2.48. The van der Waals surface area contributed by atoms with Gasteiger partial charge in [-0.3, -0.25) is 9.59 Å². The van der Waals surface area contributed by atoms with E-state index < -0.39 is 5.54 Å². The summed E-state index contributed by atoms with van der Waals surface area (Å²) >= 11 is 3.32. The lowest BCUT2D eigenvalue weighted by atomic mass is 9.88. The maximum absolute atomic E-state index is 12.0. The van der Waals surface area contributed by atoms with E-state index in [1.165, 1.54) is 0 Å². The molecule has 1 atom stereocenters. The summed E-state index contributed by atoms with van der Waals surface area (Å²) in [5, 5.41) is 5.68. The highest BCUT2D eigenvalue weighted by atomic mass is 79.9. The van der Waals surface area contributed by atoms with Gasteiger partial charge in [-0.25, -0.2) is 0 Å². The molecule has 2 amide bonds. The summed E-state index contributed by atoms with van der Waals surface area (Å²) in [6, 6.07) is 7.06. The zero-order chi connectivity index (χ0) is 16.8. The third kappa shape index (κ3) is 6.89. The van der Waals surface area contributed by atoms with Crippen LogP contribution >= 0.6 is 28.3 Å². The van der Waals surface area contributed by atoms with Crippen LogP contribution in [-0.4, -0.2) is 30.4 Å². The average Bonchev–Trinajstić information content (AvgIpc) is 2.47. The number of nitrogens with one attached hydrogen (secondary N) is 2. The van der Waals surface area contributed by atoms with E-state index in [-0.39, 0.29) is 36.6 Å². The first-order chi connectivity index (χ1) is 10.3. The Morgan fingerprint density at radius 3 is 2.30 bits per heavy atom. The van der Waals surface area contributed by atoms with Crippen LogP contribution in [0, 0.1) is 5.92 Å². The van der Waals surface area contributed by atoms with Gasteiger partial charge in [0, 0.05) is 29.5 Å². The van der Waals surface area contributed by atoms with Crippen LogP contribution in [0.5, 0.6) is 0 Å². The van der Waals surface area contributed by atoms with E-state index in [9.17, 15) is 9.59 Å². The second-order valence-corrected chi connectivity index (χ2v) is 6.75. The summed E-state index contributed by atoms with van der Waals surface area (Å²) in [6.45, 7) is 6.63. The van der Waals surface area contributed by atoms with Gasteiger partial charge in [-0.2, -0.15) is 0 Å². The van der Waals surface area contributed by atoms with Crippen LogP contribution in [-0.2, 0) is 4.79 Å². The molecule has 0 bridgehead atoms. The molecule has 23 heavy (non-hydrogen) atoms. The lowest BCUT2D eigenvalue weighted by molar-refractivity contribution is -0.123. The Hall–Kier alpha value is -1.11. The number of carbonyl (C=O) groups is 2. The number of hydrogen-bond donors (Lipinski definition) is 3. The first-order valence-corrected chi connectivity index (χ1v) is 8.12. The molecule has 0 saturated carbocycles. The van der Waals surface area contributed by atoms with Crippen molar-refractivity contribution in [2.75, 3.05) is 13.1 Å². The molecule has 0 saturated heterocycles. The summed E-state index contributed by atoms with van der Waals surface area (Å²) < 4.78 is 0.915. The van der Waals surface area contributed by atoms with Crippen molar-refractivity contribution >= 4 is 40.2 Å². The molecule has 0 aliphatic carbocycles. The quantitative estimate of drug-likeness (QED) is 0.650. The van der Waals surface area contributed by atoms with Crippen LogP contribution in [0.25, 0.3) is 0 Å². The number of nitrogens with two attached hydrogens (primary N) is 1. The Morgan fingerprint density at radius 1 is 1.26 bits per heavy atom. The largest absolute Gasteiger partial charge is 0.352 e. The van der Waals surface area contributed by atoms with E-state index in [2.05, 4.69) is 26.6 Å². The zero-order valence-corrected chi connectivity index (χ0v) is 16.1. The van der Waals surface area contributed by atoms with Crippen molar-refractivity contribution < 1.29 is 9.59 Å². The van der Waals surface area contributed by atoms with Gasteiger partial charge in [-0.1, -0.05) is 29.8 Å². The maximum Gasteiger partial charge on any atom is 0.251 e. The van der Waals surface area contributed by atoms with Crippen LogP contribution in [0.15, 0.2) is 28.7 Å². The zero-order valence-electron chi connectivity index (χ0n) is 13.7. The standard InChI is InChI=1S/C16H24BrN3O2.ClH/c1-11(2)16(3,10-18)20-14(21)8-9-19-15(22)12-4-6-13(17)7-5-12;/h4-7,11H,8-10,18H2,1-3H3,(H,19,22)(H,20,21);1H. The van der Waals surface area contributed by atoms with E-state index >= 15 is 0 Å². The fourth-order valence-electron chi connectivity index (χ4n) is 1.80. The predicted molar refractivity (Wildman–Crippen MR) is 98.8 cm³/mol. The Morgan fingerprint density at radius 2 is 1.83 bits per heavy atom. The highest BCUT2D eigenvalue weighted by Crippen LogP contribution is 2.14. The molecule has 0 aromatic heterocycles. The van der Waals surface area contributed by atoms with Crippen LogP contribution in [0.1, 0.15) is 37.6 Å². The lowest BCUT2D eigenvalue weighted by Crippen LogP contribution is -2.55. The van der Waals surface area contributed by atoms with Crippen molar-refractivity contribution in [2.45, 2.75) is 32.7 Å². The topological polar surface area (TPSA) is 84.2 Å². The van der Waals surface area contributed by atoms with Crippen molar-refractivity contribution in [3.8, 4) is 0 Å². The normalized spacial score (nSPS) is 13.0. The summed E-state index contributed by atoms with van der Waals surface area (Å²) in [7, 11) is 0. The minimum absolute atomic E-state index is 0. The van der Waals surface area contributed by atoms with Crippen molar-refractivity contribution in [2.24, 2.45) is 11.7 Å². The second kappa shape index (κ2) is 9.90. The SMILES string of the molecule is CC(C)C(C)(CN)NC(=O)CCNC(=O)c1ccc(Br)cc1.Cl. The van der Waals surface area contributed by atoms with Gasteiger partial charge in [0.2, 0.25) is 5.91 Å². The lowest BCUT2D eigenvalue weighted by Gasteiger charge is -2.33. The van der Waals surface area contributed by atoms with Gasteiger partial charge in [0.15, 0.2) is 0 Å². The number of halogens is 2. The molecule has 5 nitrogen and oxygen atoms in total. The van der Waals surface area contributed by atoms with Gasteiger partial charge in [0.1, 0.15) is 0 Å². The van der Waals surface area contributed by atoms with E-state index in [4.69, 9.17) is 5.73 Å². The molecule has 130 valence electrons. The first kappa shape index (κ1) is 21.9. The van der Waals surface area contributed by atoms with Crippen LogP contribution in [0.4, 0.5) is 0 Å². The van der Waals surface area contributed by atoms with Crippen LogP contribution in [0.3, 0.4) is 0 Å². The summed E-state index contributed by atoms with van der Waals surface area (Å²) in [6.07, 6.45) is 0.227. The van der Waals surface area contributed by atoms with Gasteiger partial charge in [0.25, 0.3) is 5.91 Å². The molecule has 1 aromatic rings. The number of carbonyl (C=O) groups excluding carboxylic acids is 2. The molecule has 1 aromatic carbocycles. The molecule has 1 unspecified atom stereocenters. The number of hydrogen-bond acceptors (Lipinski definition) is 3. The molecular formula is C16H25BrClN3O2. The summed E-state index contributed by atoms with van der Waals surface area (Å²) in [5.41, 5.74) is 5.88. The fourth-order valence-corrected chi connectivity index (χ4v) is 2.07. The molecular weight excluding hydrogens is 382 g/mol. The van der Waals surface area contributed by atoms with E-state index in [0.717, 1.165) is 4.47 Å². The minimum atomic E-state index is -0.424. The highest BCUT2D eigenvalue weighted by Gasteiger charge is 2.28. The molecule has 0 heterocycles. The molecule has 0 fully saturated rings. The van der Waals surface area contributed by atoms with Crippen LogP contribution < -0.4 is 16.4 Å². The van der Waals surface area contributed by atoms with Crippen molar-refractivity contribution in [1.82, 2.24) is 10.6 Å². The molecule has 0 aliphatic rings. The average molecular weight is 407 g/mol. The second-order valence-electron chi connectivity index (χ2n) is 5.84. The third-order valence-electron chi connectivity index (χ3n) is 3.87. The Kier molecular flexibility index (Phi) is 9.42. The molecule has 0 aliphatic heterocycles. The number of rotatable bonds is 7. The summed E-state index contributed by atoms with van der Waals surface area (Å²) in [4.78, 5) is 23.9. The number of amides is 2. The molecule has 4 N–H and O–H groups in total. The van der Waals surface area contributed by atoms with E-state index in [0.29, 0.717) is 18.7 Å². The van der Waals surface area contributed by atoms with Gasteiger partial charge in [-0.05, 0) is 37.1 Å². The van der Waals surface area contributed by atoms with Crippen molar-refractivity contribution in [3.05, 3.63) is 34.3 Å². The highest BCUT2D eigenvalue weighted by molar-refractivity contribution is 9.10. The molecule has 0 radical (unpaired) electrons. The van der Waals surface area contributed by atoms with Gasteiger partial charge in [-0.15, -0.1) is 12.4 Å². The molecule has 1 rings (SSSR count). The van der Waals surface area contributed by atoms with Gasteiger partial charge < -0.3 is 16.4 Å². The smallest absolute Gasteiger partial charge is 0.251 e. The Bertz CT molecular complexity index is 523. The number of benzene rings is 1. The van der Waals surface area contributed by atoms with Crippen molar-refractivity contribution in [3.63, 3.8) is 0 Å². The summed E-state index contributed by atoms with van der Waals surface area (Å²) in [5.74, 6) is -0.0673. The van der Waals surface area contributed by atoms with E-state index in [1.807, 2.05) is 20.8 Å². The maximum atomic E-state index is 12.0. The minimum Gasteiger partial charge on any atom is -0.352 e. The molecule has 0 spiro atoms. The Balaban J connectivity index is 0.00000484. The van der Waals surface area contributed by atoms with Crippen LogP contribution in [0.2, 0.25) is 0 Å². The molecule has 7 heteroatoms. The Labute approximate surface area is 152 Å². The van der Waals surface area contributed by atoms with Gasteiger partial charge >= 0.3 is 0 Å². The fraction of sp³-hybridized carbons (Fsp3) is 0.500. The van der Waals surface area contributed by atoms with E-state index in [1.54, 1.807) is 24.3 Å². The van der Waals surface area contributed by atoms with Gasteiger partial charge in [0.05, 0.1) is 5.54 Å². The van der Waals surface area contributed by atoms with Crippen molar-refractivity contribution in [1.29, 1.82) is 0 Å². The monoisotopic (exact) mass is 405 g/mol.